The van der Waals surface area contributed by atoms with Crippen LogP contribution in [0.3, 0.4) is 0 Å². The summed E-state index contributed by atoms with van der Waals surface area (Å²) in [6.45, 7) is 1.55. The fourth-order valence-corrected chi connectivity index (χ4v) is 5.00. The normalized spacial score (nSPS) is 28.8. The highest BCUT2D eigenvalue weighted by atomic mass is 16.5. The summed E-state index contributed by atoms with van der Waals surface area (Å²) in [6.07, 6.45) is 6.22. The van der Waals surface area contributed by atoms with E-state index in [4.69, 9.17) is 19.9 Å². The number of nitrogens with zero attached hydrogens (tertiary/aromatic N) is 1. The molecule has 1 aromatic carbocycles. The quantitative estimate of drug-likeness (QED) is 0.601. The topological polar surface area (TPSA) is 78.1 Å². The molecule has 0 aromatic heterocycles. The second-order valence-electron chi connectivity index (χ2n) is 7.66. The van der Waals surface area contributed by atoms with Crippen molar-refractivity contribution in [3.05, 3.63) is 23.8 Å². The minimum absolute atomic E-state index is 0.324. The van der Waals surface area contributed by atoms with Gasteiger partial charge in [0.25, 0.3) is 0 Å². The van der Waals surface area contributed by atoms with E-state index in [2.05, 4.69) is 10.3 Å². The van der Waals surface area contributed by atoms with Crippen molar-refractivity contribution in [2.75, 3.05) is 27.4 Å². The molecule has 1 heterocycles. The minimum Gasteiger partial charge on any atom is -0.493 e. The first-order chi connectivity index (χ1) is 12.7. The average Bonchev–Trinajstić information content (AvgIpc) is 3.03. The van der Waals surface area contributed by atoms with Crippen LogP contribution in [0.1, 0.15) is 31.2 Å². The van der Waals surface area contributed by atoms with Crippen LogP contribution in [-0.2, 0) is 11.2 Å². The summed E-state index contributed by atoms with van der Waals surface area (Å²) < 4.78 is 16.6. The summed E-state index contributed by atoms with van der Waals surface area (Å²) in [5, 5.41) is 3.51. The van der Waals surface area contributed by atoms with Crippen molar-refractivity contribution >= 4 is 5.96 Å². The van der Waals surface area contributed by atoms with Crippen LogP contribution in [0, 0.1) is 11.3 Å². The maximum atomic E-state index is 6.19. The third kappa shape index (κ3) is 2.80. The predicted molar refractivity (Wildman–Crippen MR) is 101 cm³/mol. The molecule has 0 amide bonds. The van der Waals surface area contributed by atoms with Gasteiger partial charge in [0, 0.05) is 30.5 Å². The number of ether oxygens (including phenoxy) is 3. The number of rotatable bonds is 6. The Hall–Kier alpha value is -1.95. The molecule has 3 fully saturated rings. The minimum atomic E-state index is 0.324. The van der Waals surface area contributed by atoms with Gasteiger partial charge in [0.15, 0.2) is 17.5 Å². The lowest BCUT2D eigenvalue weighted by molar-refractivity contribution is -0.171. The summed E-state index contributed by atoms with van der Waals surface area (Å²) in [5.74, 6) is 2.65. The Labute approximate surface area is 155 Å². The molecule has 142 valence electrons. The van der Waals surface area contributed by atoms with Gasteiger partial charge in [0.2, 0.25) is 0 Å². The lowest BCUT2D eigenvalue weighted by Gasteiger charge is -2.63. The molecule has 1 aliphatic heterocycles. The zero-order valence-electron chi connectivity index (χ0n) is 15.7. The van der Waals surface area contributed by atoms with Crippen LogP contribution in [0.4, 0.5) is 0 Å². The molecule has 0 radical (unpaired) electrons. The molecule has 1 saturated heterocycles. The van der Waals surface area contributed by atoms with E-state index in [1.165, 1.54) is 19.3 Å². The van der Waals surface area contributed by atoms with Crippen LogP contribution in [0.2, 0.25) is 0 Å². The molecule has 3 atom stereocenters. The summed E-state index contributed by atoms with van der Waals surface area (Å²) in [5.41, 5.74) is 7.67. The van der Waals surface area contributed by atoms with Gasteiger partial charge in [-0.05, 0) is 43.4 Å². The van der Waals surface area contributed by atoms with Crippen molar-refractivity contribution in [2.24, 2.45) is 22.1 Å². The van der Waals surface area contributed by atoms with Crippen LogP contribution in [-0.4, -0.2) is 45.5 Å². The van der Waals surface area contributed by atoms with Gasteiger partial charge < -0.3 is 25.3 Å². The van der Waals surface area contributed by atoms with Gasteiger partial charge in [0.05, 0.1) is 20.3 Å². The lowest BCUT2D eigenvalue weighted by Crippen LogP contribution is -2.72. The molecule has 6 heteroatoms. The molecule has 26 heavy (non-hydrogen) atoms. The number of nitrogens with one attached hydrogen (secondary N) is 1. The van der Waals surface area contributed by atoms with Crippen LogP contribution in [0.25, 0.3) is 0 Å². The van der Waals surface area contributed by atoms with Crippen molar-refractivity contribution in [1.29, 1.82) is 0 Å². The van der Waals surface area contributed by atoms with Crippen molar-refractivity contribution in [3.8, 4) is 11.5 Å². The first-order valence-corrected chi connectivity index (χ1v) is 9.57. The van der Waals surface area contributed by atoms with Crippen LogP contribution in [0.5, 0.6) is 11.5 Å². The summed E-state index contributed by atoms with van der Waals surface area (Å²) >= 11 is 0. The Morgan fingerprint density at radius 2 is 2.12 bits per heavy atom. The number of aliphatic imine (C=N–C) groups is 1. The summed E-state index contributed by atoms with van der Waals surface area (Å²) in [4.78, 5) is 4.55. The summed E-state index contributed by atoms with van der Waals surface area (Å²) in [6, 6.07) is 6.40. The number of methoxy groups -OCH3 is 2. The number of nitrogens with two attached hydrogens (primary N) is 1. The zero-order valence-corrected chi connectivity index (χ0v) is 15.7. The van der Waals surface area contributed by atoms with E-state index in [-0.39, 0.29) is 0 Å². The van der Waals surface area contributed by atoms with Crippen molar-refractivity contribution < 1.29 is 14.2 Å². The number of fused-ring (bicyclic) bond motifs is 2. The fourth-order valence-electron chi connectivity index (χ4n) is 5.00. The second kappa shape index (κ2) is 6.99. The van der Waals surface area contributed by atoms with Gasteiger partial charge >= 0.3 is 0 Å². The van der Waals surface area contributed by atoms with Gasteiger partial charge in [-0.25, -0.2) is 0 Å². The van der Waals surface area contributed by atoms with Crippen molar-refractivity contribution in [3.63, 3.8) is 0 Å². The Balaban J connectivity index is 1.33. The summed E-state index contributed by atoms with van der Waals surface area (Å²) in [7, 11) is 3.29. The Bertz CT molecular complexity index is 687. The van der Waals surface area contributed by atoms with Gasteiger partial charge in [-0.1, -0.05) is 12.5 Å². The Kier molecular flexibility index (Phi) is 4.69. The highest BCUT2D eigenvalue weighted by Crippen LogP contribution is 2.62. The van der Waals surface area contributed by atoms with Gasteiger partial charge in [0.1, 0.15) is 0 Å². The van der Waals surface area contributed by atoms with E-state index in [0.717, 1.165) is 36.5 Å². The molecule has 4 rings (SSSR count). The lowest BCUT2D eigenvalue weighted by atomic mass is 9.46. The molecular weight excluding hydrogens is 330 g/mol. The third-order valence-corrected chi connectivity index (χ3v) is 6.47. The number of benzene rings is 1. The largest absolute Gasteiger partial charge is 0.493 e. The maximum absolute atomic E-state index is 6.19. The van der Waals surface area contributed by atoms with E-state index in [9.17, 15) is 0 Å². The van der Waals surface area contributed by atoms with Crippen molar-refractivity contribution in [1.82, 2.24) is 5.32 Å². The molecular formula is C20H29N3O3. The molecule has 1 spiro atoms. The van der Waals surface area contributed by atoms with E-state index in [0.29, 0.717) is 36.0 Å². The third-order valence-electron chi connectivity index (χ3n) is 6.47. The molecule has 2 saturated carbocycles. The molecule has 2 aliphatic carbocycles. The van der Waals surface area contributed by atoms with E-state index in [1.807, 2.05) is 18.2 Å². The predicted octanol–water partition coefficient (Wildman–Crippen LogP) is 2.11. The monoisotopic (exact) mass is 359 g/mol. The first kappa shape index (κ1) is 17.5. The Morgan fingerprint density at radius 3 is 2.81 bits per heavy atom. The van der Waals surface area contributed by atoms with Gasteiger partial charge in [-0.3, -0.25) is 4.99 Å². The van der Waals surface area contributed by atoms with Crippen LogP contribution < -0.4 is 20.5 Å². The Morgan fingerprint density at radius 1 is 1.31 bits per heavy atom. The maximum Gasteiger partial charge on any atom is 0.188 e. The standard InChI is InChI=1S/C20H29N3O3/c1-24-15-5-4-13(12-16(15)25-2)6-10-22-19(21)23-17-14-7-11-26-18(14)20(17)8-3-9-20/h4-5,12,14,17-18H,3,6-11H2,1-2H3,(H3,21,22,23). The highest BCUT2D eigenvalue weighted by molar-refractivity contribution is 5.78. The SMILES string of the molecule is COc1ccc(CCN=C(N)NC2C3CCOC3C23CCC3)cc1OC. The van der Waals surface area contributed by atoms with E-state index < -0.39 is 0 Å². The smallest absolute Gasteiger partial charge is 0.188 e. The highest BCUT2D eigenvalue weighted by Gasteiger charge is 2.66. The molecule has 1 aromatic rings. The van der Waals surface area contributed by atoms with Crippen LogP contribution >= 0.6 is 0 Å². The van der Waals surface area contributed by atoms with Gasteiger partial charge in [-0.15, -0.1) is 0 Å². The molecule has 3 unspecified atom stereocenters. The van der Waals surface area contributed by atoms with Gasteiger partial charge in [-0.2, -0.15) is 0 Å². The van der Waals surface area contributed by atoms with E-state index >= 15 is 0 Å². The average molecular weight is 359 g/mol. The second-order valence-corrected chi connectivity index (χ2v) is 7.66. The first-order valence-electron chi connectivity index (χ1n) is 9.57. The molecule has 6 nitrogen and oxygen atoms in total. The van der Waals surface area contributed by atoms with E-state index in [1.54, 1.807) is 14.2 Å². The zero-order chi connectivity index (χ0) is 18.1. The number of guanidine groups is 1. The number of hydrogen-bond donors (Lipinski definition) is 2. The van der Waals surface area contributed by atoms with Crippen molar-refractivity contribution in [2.45, 2.75) is 44.2 Å². The molecule has 0 bridgehead atoms. The fraction of sp³-hybridized carbons (Fsp3) is 0.650. The molecule has 3 N–H and O–H groups in total. The van der Waals surface area contributed by atoms with Crippen LogP contribution in [0.15, 0.2) is 23.2 Å². The number of hydrogen-bond acceptors (Lipinski definition) is 4. The molecule has 3 aliphatic rings.